The molecule has 110 valence electrons. The van der Waals surface area contributed by atoms with Gasteiger partial charge in [0.05, 0.1) is 14.2 Å². The van der Waals surface area contributed by atoms with Crippen molar-refractivity contribution in [3.05, 3.63) is 60.2 Å². The summed E-state index contributed by atoms with van der Waals surface area (Å²) in [5.41, 5.74) is 0.832. The predicted molar refractivity (Wildman–Crippen MR) is 79.7 cm³/mol. The predicted octanol–water partition coefficient (Wildman–Crippen LogP) is 3.03. The van der Waals surface area contributed by atoms with E-state index in [2.05, 4.69) is 0 Å². The first-order chi connectivity index (χ1) is 10.2. The number of esters is 1. The van der Waals surface area contributed by atoms with Crippen LogP contribution in [0.1, 0.15) is 11.5 Å². The number of hydrogen-bond acceptors (Lipinski definition) is 4. The van der Waals surface area contributed by atoms with Gasteiger partial charge in [-0.1, -0.05) is 30.3 Å². The van der Waals surface area contributed by atoms with Crippen molar-refractivity contribution < 1.29 is 19.0 Å². The normalized spacial score (nSPS) is 11.5. The van der Waals surface area contributed by atoms with Crippen LogP contribution in [0, 0.1) is 0 Å². The average Bonchev–Trinajstić information content (AvgIpc) is 2.56. The molecule has 1 atom stereocenters. The van der Waals surface area contributed by atoms with Crippen LogP contribution in [0.2, 0.25) is 0 Å². The SMILES string of the molecule is COC(=O)C(COc1ccccc1)c1ccc(OC)cc1. The highest BCUT2D eigenvalue weighted by molar-refractivity contribution is 5.78. The number of para-hydroxylation sites is 1. The molecule has 2 rings (SSSR count). The second kappa shape index (κ2) is 7.33. The Morgan fingerprint density at radius 1 is 0.952 bits per heavy atom. The minimum Gasteiger partial charge on any atom is -0.497 e. The molecule has 4 heteroatoms. The second-order valence-electron chi connectivity index (χ2n) is 4.47. The minimum absolute atomic E-state index is 0.225. The van der Waals surface area contributed by atoms with Crippen LogP contribution in [0.15, 0.2) is 54.6 Å². The summed E-state index contributed by atoms with van der Waals surface area (Å²) in [7, 11) is 2.98. The van der Waals surface area contributed by atoms with E-state index in [1.165, 1.54) is 7.11 Å². The molecular formula is C17H18O4. The largest absolute Gasteiger partial charge is 0.497 e. The third-order valence-corrected chi connectivity index (χ3v) is 3.16. The van der Waals surface area contributed by atoms with Crippen LogP contribution in [0.3, 0.4) is 0 Å². The highest BCUT2D eigenvalue weighted by atomic mass is 16.5. The molecule has 0 N–H and O–H groups in total. The maximum atomic E-state index is 12.0. The first-order valence-electron chi connectivity index (χ1n) is 6.64. The molecule has 0 bridgehead atoms. The van der Waals surface area contributed by atoms with E-state index in [9.17, 15) is 4.79 Å². The Kier molecular flexibility index (Phi) is 5.21. The molecule has 2 aromatic carbocycles. The van der Waals surface area contributed by atoms with Crippen molar-refractivity contribution >= 4 is 5.97 Å². The van der Waals surface area contributed by atoms with E-state index in [1.54, 1.807) is 7.11 Å². The summed E-state index contributed by atoms with van der Waals surface area (Å²) >= 11 is 0. The lowest BCUT2D eigenvalue weighted by Crippen LogP contribution is -2.21. The molecule has 0 radical (unpaired) electrons. The number of carbonyl (C=O) groups is 1. The highest BCUT2D eigenvalue weighted by Gasteiger charge is 2.22. The van der Waals surface area contributed by atoms with Crippen molar-refractivity contribution in [1.82, 2.24) is 0 Å². The first-order valence-corrected chi connectivity index (χ1v) is 6.64. The van der Waals surface area contributed by atoms with Gasteiger partial charge in [0.25, 0.3) is 0 Å². The Labute approximate surface area is 124 Å². The molecule has 0 amide bonds. The van der Waals surface area contributed by atoms with E-state index < -0.39 is 5.92 Å². The zero-order chi connectivity index (χ0) is 15.1. The van der Waals surface area contributed by atoms with Gasteiger partial charge in [0.2, 0.25) is 0 Å². The summed E-state index contributed by atoms with van der Waals surface area (Å²) in [4.78, 5) is 12.0. The maximum Gasteiger partial charge on any atom is 0.316 e. The van der Waals surface area contributed by atoms with E-state index in [0.717, 1.165) is 17.1 Å². The second-order valence-corrected chi connectivity index (χ2v) is 4.47. The van der Waals surface area contributed by atoms with E-state index in [0.29, 0.717) is 0 Å². The van der Waals surface area contributed by atoms with Crippen molar-refractivity contribution in [2.75, 3.05) is 20.8 Å². The smallest absolute Gasteiger partial charge is 0.316 e. The molecule has 0 aromatic heterocycles. The molecule has 0 fully saturated rings. The fourth-order valence-electron chi connectivity index (χ4n) is 1.98. The molecule has 0 aliphatic rings. The van der Waals surface area contributed by atoms with Crippen molar-refractivity contribution in [2.45, 2.75) is 5.92 Å². The van der Waals surface area contributed by atoms with Crippen LogP contribution in [-0.2, 0) is 9.53 Å². The minimum atomic E-state index is -0.471. The van der Waals surface area contributed by atoms with Crippen LogP contribution >= 0.6 is 0 Å². The highest BCUT2D eigenvalue weighted by Crippen LogP contribution is 2.22. The summed E-state index contributed by atoms with van der Waals surface area (Å²) in [5, 5.41) is 0. The average molecular weight is 286 g/mol. The van der Waals surface area contributed by atoms with Crippen molar-refractivity contribution in [3.63, 3.8) is 0 Å². The van der Waals surface area contributed by atoms with E-state index >= 15 is 0 Å². The molecule has 4 nitrogen and oxygen atoms in total. The summed E-state index contributed by atoms with van der Waals surface area (Å²) < 4.78 is 15.6. The number of hydrogen-bond donors (Lipinski definition) is 0. The topological polar surface area (TPSA) is 44.8 Å². The Balaban J connectivity index is 2.12. The Morgan fingerprint density at radius 3 is 2.19 bits per heavy atom. The Hall–Kier alpha value is -2.49. The molecule has 0 saturated heterocycles. The quantitative estimate of drug-likeness (QED) is 0.766. The van der Waals surface area contributed by atoms with Crippen molar-refractivity contribution in [1.29, 1.82) is 0 Å². The van der Waals surface area contributed by atoms with Gasteiger partial charge in [0, 0.05) is 0 Å². The van der Waals surface area contributed by atoms with Gasteiger partial charge in [-0.25, -0.2) is 0 Å². The summed E-state index contributed by atoms with van der Waals surface area (Å²) in [6, 6.07) is 16.7. The Bertz CT molecular complexity index is 563. The number of ether oxygens (including phenoxy) is 3. The lowest BCUT2D eigenvalue weighted by molar-refractivity contribution is -0.143. The van der Waals surface area contributed by atoms with Gasteiger partial charge < -0.3 is 14.2 Å². The van der Waals surface area contributed by atoms with E-state index in [4.69, 9.17) is 14.2 Å². The third-order valence-electron chi connectivity index (χ3n) is 3.16. The summed E-state index contributed by atoms with van der Waals surface area (Å²) in [5.74, 6) is 0.670. The molecule has 2 aromatic rings. The fraction of sp³-hybridized carbons (Fsp3) is 0.235. The zero-order valence-corrected chi connectivity index (χ0v) is 12.1. The number of rotatable bonds is 6. The van der Waals surface area contributed by atoms with Gasteiger partial charge in [-0.15, -0.1) is 0 Å². The van der Waals surface area contributed by atoms with Crippen LogP contribution in [0.5, 0.6) is 11.5 Å². The fourth-order valence-corrected chi connectivity index (χ4v) is 1.98. The van der Waals surface area contributed by atoms with Crippen LogP contribution < -0.4 is 9.47 Å². The molecule has 0 saturated carbocycles. The first kappa shape index (κ1) is 14.9. The van der Waals surface area contributed by atoms with Crippen molar-refractivity contribution in [3.8, 4) is 11.5 Å². The van der Waals surface area contributed by atoms with E-state index in [1.807, 2.05) is 54.6 Å². The maximum absolute atomic E-state index is 12.0. The van der Waals surface area contributed by atoms with Crippen LogP contribution in [-0.4, -0.2) is 26.8 Å². The van der Waals surface area contributed by atoms with Gasteiger partial charge >= 0.3 is 5.97 Å². The molecule has 0 spiro atoms. The molecule has 21 heavy (non-hydrogen) atoms. The van der Waals surface area contributed by atoms with Crippen molar-refractivity contribution in [2.24, 2.45) is 0 Å². The van der Waals surface area contributed by atoms with E-state index in [-0.39, 0.29) is 12.6 Å². The van der Waals surface area contributed by atoms with Gasteiger partial charge in [-0.3, -0.25) is 4.79 Å². The molecule has 0 aliphatic heterocycles. The van der Waals surface area contributed by atoms with Gasteiger partial charge in [-0.05, 0) is 29.8 Å². The zero-order valence-electron chi connectivity index (χ0n) is 12.1. The van der Waals surface area contributed by atoms with Gasteiger partial charge in [-0.2, -0.15) is 0 Å². The number of carbonyl (C=O) groups excluding carboxylic acids is 1. The Morgan fingerprint density at radius 2 is 1.62 bits per heavy atom. The number of benzene rings is 2. The standard InChI is InChI=1S/C17H18O4/c1-19-14-10-8-13(9-11-14)16(17(18)20-2)12-21-15-6-4-3-5-7-15/h3-11,16H,12H2,1-2H3. The number of methoxy groups -OCH3 is 2. The lowest BCUT2D eigenvalue weighted by Gasteiger charge is -2.16. The summed E-state index contributed by atoms with van der Waals surface area (Å²) in [6.07, 6.45) is 0. The monoisotopic (exact) mass is 286 g/mol. The lowest BCUT2D eigenvalue weighted by atomic mass is 10.00. The molecular weight excluding hydrogens is 268 g/mol. The van der Waals surface area contributed by atoms with Crippen LogP contribution in [0.4, 0.5) is 0 Å². The molecule has 0 aliphatic carbocycles. The van der Waals surface area contributed by atoms with Crippen LogP contribution in [0.25, 0.3) is 0 Å². The van der Waals surface area contributed by atoms with Gasteiger partial charge in [0.1, 0.15) is 24.0 Å². The summed E-state index contributed by atoms with van der Waals surface area (Å²) in [6.45, 7) is 0.225. The third kappa shape index (κ3) is 3.99. The van der Waals surface area contributed by atoms with Gasteiger partial charge in [0.15, 0.2) is 0 Å². The molecule has 0 heterocycles. The molecule has 1 unspecified atom stereocenters.